The molecule has 1 aliphatic rings. The fourth-order valence-corrected chi connectivity index (χ4v) is 2.82. The highest BCUT2D eigenvalue weighted by atomic mass is 35.5. The fourth-order valence-electron chi connectivity index (χ4n) is 2.59. The number of aliphatic carboxylic acids is 1. The Bertz CT molecular complexity index is 529. The molecule has 1 amide bonds. The number of carboxylic acid groups (broad SMARTS) is 1. The molecule has 1 fully saturated rings. The Labute approximate surface area is 127 Å². The molecule has 1 unspecified atom stereocenters. The van der Waals surface area contributed by atoms with Crippen molar-refractivity contribution in [2.45, 2.75) is 25.7 Å². The first-order valence-corrected chi connectivity index (χ1v) is 7.27. The molecule has 1 aromatic rings. The quantitative estimate of drug-likeness (QED) is 0.909. The number of likely N-dealkylation sites (tertiary alicyclic amines) is 1. The van der Waals surface area contributed by atoms with Gasteiger partial charge in [0.1, 0.15) is 5.82 Å². The average molecular weight is 314 g/mol. The van der Waals surface area contributed by atoms with Crippen LogP contribution < -0.4 is 0 Å². The molecule has 21 heavy (non-hydrogen) atoms. The van der Waals surface area contributed by atoms with Gasteiger partial charge in [-0.1, -0.05) is 17.7 Å². The minimum Gasteiger partial charge on any atom is -0.481 e. The third-order valence-corrected chi connectivity index (χ3v) is 4.15. The van der Waals surface area contributed by atoms with E-state index in [1.54, 1.807) is 11.0 Å². The van der Waals surface area contributed by atoms with Crippen LogP contribution >= 0.6 is 11.6 Å². The Morgan fingerprint density at radius 3 is 2.86 bits per heavy atom. The number of rotatable bonds is 5. The van der Waals surface area contributed by atoms with E-state index in [-0.39, 0.29) is 35.3 Å². The smallest absolute Gasteiger partial charge is 0.303 e. The lowest BCUT2D eigenvalue weighted by Gasteiger charge is -2.17. The van der Waals surface area contributed by atoms with Crippen molar-refractivity contribution in [2.75, 3.05) is 13.1 Å². The van der Waals surface area contributed by atoms with Crippen molar-refractivity contribution in [1.82, 2.24) is 4.90 Å². The van der Waals surface area contributed by atoms with Crippen molar-refractivity contribution < 1.29 is 19.1 Å². The molecule has 0 spiro atoms. The van der Waals surface area contributed by atoms with E-state index >= 15 is 0 Å². The Balaban J connectivity index is 1.91. The summed E-state index contributed by atoms with van der Waals surface area (Å²) in [7, 11) is 0. The van der Waals surface area contributed by atoms with Gasteiger partial charge >= 0.3 is 5.97 Å². The van der Waals surface area contributed by atoms with Gasteiger partial charge in [-0.2, -0.15) is 0 Å². The summed E-state index contributed by atoms with van der Waals surface area (Å²) in [4.78, 5) is 24.4. The molecule has 0 saturated carbocycles. The first kappa shape index (κ1) is 15.8. The lowest BCUT2D eigenvalue weighted by molar-refractivity contribution is -0.137. The molecule has 2 rings (SSSR count). The molecule has 1 aromatic carbocycles. The van der Waals surface area contributed by atoms with Crippen molar-refractivity contribution in [3.8, 4) is 0 Å². The molecule has 0 aliphatic carbocycles. The van der Waals surface area contributed by atoms with E-state index in [2.05, 4.69) is 0 Å². The van der Waals surface area contributed by atoms with Crippen molar-refractivity contribution in [3.63, 3.8) is 0 Å². The average Bonchev–Trinajstić information content (AvgIpc) is 2.89. The number of hydrogen-bond acceptors (Lipinski definition) is 2. The molecule has 4 nitrogen and oxygen atoms in total. The van der Waals surface area contributed by atoms with Crippen LogP contribution in [-0.4, -0.2) is 35.0 Å². The summed E-state index contributed by atoms with van der Waals surface area (Å²) in [5.41, 5.74) is 0.221. The third kappa shape index (κ3) is 4.17. The monoisotopic (exact) mass is 313 g/mol. The Morgan fingerprint density at radius 2 is 2.19 bits per heavy atom. The number of carboxylic acids is 1. The van der Waals surface area contributed by atoms with Crippen LogP contribution in [0.2, 0.25) is 5.02 Å². The van der Waals surface area contributed by atoms with Crippen molar-refractivity contribution in [2.24, 2.45) is 5.92 Å². The molecule has 0 bridgehead atoms. The highest BCUT2D eigenvalue weighted by Crippen LogP contribution is 2.24. The number of amides is 1. The lowest BCUT2D eigenvalue weighted by Crippen LogP contribution is -2.30. The number of carbonyl (C=O) groups excluding carboxylic acids is 1. The summed E-state index contributed by atoms with van der Waals surface area (Å²) in [6, 6.07) is 4.35. The molecule has 6 heteroatoms. The van der Waals surface area contributed by atoms with E-state index in [1.165, 1.54) is 12.1 Å². The van der Waals surface area contributed by atoms with Crippen LogP contribution in [0.15, 0.2) is 18.2 Å². The van der Waals surface area contributed by atoms with Crippen LogP contribution in [-0.2, 0) is 16.0 Å². The number of nitrogens with zero attached hydrogens (tertiary/aromatic N) is 1. The van der Waals surface area contributed by atoms with Crippen molar-refractivity contribution >= 4 is 23.5 Å². The summed E-state index contributed by atoms with van der Waals surface area (Å²) in [6.07, 6.45) is 1.42. The maximum Gasteiger partial charge on any atom is 0.303 e. The van der Waals surface area contributed by atoms with E-state index in [0.29, 0.717) is 19.5 Å². The van der Waals surface area contributed by atoms with E-state index in [1.807, 2.05) is 0 Å². The maximum absolute atomic E-state index is 13.7. The minimum absolute atomic E-state index is 0.0584. The number of carbonyl (C=O) groups is 2. The Morgan fingerprint density at radius 1 is 1.43 bits per heavy atom. The standard InChI is InChI=1S/C15H17ClFNO3/c16-12-2-1-3-13(17)11(12)8-14(19)18-7-6-10(9-18)4-5-15(20)21/h1-3,10H,4-9H2,(H,20,21). The zero-order chi connectivity index (χ0) is 15.4. The van der Waals surface area contributed by atoms with Crippen LogP contribution in [0.1, 0.15) is 24.8 Å². The maximum atomic E-state index is 13.7. The second kappa shape index (κ2) is 6.89. The largest absolute Gasteiger partial charge is 0.481 e. The van der Waals surface area contributed by atoms with Gasteiger partial charge in [0.05, 0.1) is 6.42 Å². The van der Waals surface area contributed by atoms with Crippen LogP contribution in [0.4, 0.5) is 4.39 Å². The van der Waals surface area contributed by atoms with Crippen LogP contribution in [0.5, 0.6) is 0 Å². The molecule has 1 aliphatic heterocycles. The molecule has 0 aromatic heterocycles. The van der Waals surface area contributed by atoms with Gasteiger partial charge in [0.15, 0.2) is 0 Å². The van der Waals surface area contributed by atoms with Gasteiger partial charge in [-0.05, 0) is 30.9 Å². The van der Waals surface area contributed by atoms with Crippen molar-refractivity contribution in [1.29, 1.82) is 0 Å². The summed E-state index contributed by atoms with van der Waals surface area (Å²) in [6.45, 7) is 1.13. The summed E-state index contributed by atoms with van der Waals surface area (Å²) in [5, 5.41) is 8.92. The highest BCUT2D eigenvalue weighted by molar-refractivity contribution is 6.31. The third-order valence-electron chi connectivity index (χ3n) is 3.79. The highest BCUT2D eigenvalue weighted by Gasteiger charge is 2.27. The summed E-state index contributed by atoms with van der Waals surface area (Å²) >= 11 is 5.92. The first-order chi connectivity index (χ1) is 9.97. The zero-order valence-corrected chi connectivity index (χ0v) is 12.3. The SMILES string of the molecule is O=C(O)CCC1CCN(C(=O)Cc2c(F)cccc2Cl)C1. The van der Waals surface area contributed by atoms with E-state index < -0.39 is 11.8 Å². The van der Waals surface area contributed by atoms with Gasteiger partial charge < -0.3 is 10.0 Å². The van der Waals surface area contributed by atoms with Crippen LogP contribution in [0.3, 0.4) is 0 Å². The molecular weight excluding hydrogens is 297 g/mol. The number of benzene rings is 1. The van der Waals surface area contributed by atoms with E-state index in [4.69, 9.17) is 16.7 Å². The van der Waals surface area contributed by atoms with Gasteiger partial charge in [-0.15, -0.1) is 0 Å². The van der Waals surface area contributed by atoms with Crippen LogP contribution in [0.25, 0.3) is 0 Å². The fraction of sp³-hybridized carbons (Fsp3) is 0.467. The van der Waals surface area contributed by atoms with Gasteiger partial charge in [0, 0.05) is 30.1 Å². The van der Waals surface area contributed by atoms with Gasteiger partial charge in [-0.3, -0.25) is 9.59 Å². The topological polar surface area (TPSA) is 57.6 Å². The van der Waals surface area contributed by atoms with E-state index in [9.17, 15) is 14.0 Å². The molecule has 1 saturated heterocycles. The normalized spacial score (nSPS) is 18.0. The number of halogens is 2. The number of hydrogen-bond donors (Lipinski definition) is 1. The second-order valence-electron chi connectivity index (χ2n) is 5.30. The molecule has 1 N–H and O–H groups in total. The summed E-state index contributed by atoms with van der Waals surface area (Å²) in [5.74, 6) is -1.25. The molecule has 0 radical (unpaired) electrons. The lowest BCUT2D eigenvalue weighted by atomic mass is 10.0. The first-order valence-electron chi connectivity index (χ1n) is 6.90. The van der Waals surface area contributed by atoms with Gasteiger partial charge in [0.2, 0.25) is 5.91 Å². The van der Waals surface area contributed by atoms with Gasteiger partial charge in [-0.25, -0.2) is 4.39 Å². The second-order valence-corrected chi connectivity index (χ2v) is 5.71. The predicted octanol–water partition coefficient (Wildman–Crippen LogP) is 2.73. The molecule has 114 valence electrons. The molecule has 1 heterocycles. The Hall–Kier alpha value is -1.62. The molecule has 1 atom stereocenters. The minimum atomic E-state index is -0.821. The summed E-state index contributed by atoms with van der Waals surface area (Å²) < 4.78 is 13.7. The Kier molecular flexibility index (Phi) is 5.17. The van der Waals surface area contributed by atoms with Crippen molar-refractivity contribution in [3.05, 3.63) is 34.6 Å². The van der Waals surface area contributed by atoms with E-state index in [0.717, 1.165) is 6.42 Å². The van der Waals surface area contributed by atoms with Gasteiger partial charge in [0.25, 0.3) is 0 Å². The zero-order valence-electron chi connectivity index (χ0n) is 11.5. The van der Waals surface area contributed by atoms with Crippen LogP contribution in [0, 0.1) is 11.7 Å². The molecular formula is C15H17ClFNO3. The predicted molar refractivity (Wildman–Crippen MR) is 76.7 cm³/mol.